The highest BCUT2D eigenvalue weighted by Crippen LogP contribution is 2.29. The average molecular weight is 304 g/mol. The zero-order chi connectivity index (χ0) is 15.7. The van der Waals surface area contributed by atoms with Crippen LogP contribution in [-0.4, -0.2) is 52.1 Å². The first kappa shape index (κ1) is 14.7. The van der Waals surface area contributed by atoms with E-state index in [9.17, 15) is 14.7 Å². The Kier molecular flexibility index (Phi) is 3.93. The van der Waals surface area contributed by atoms with Gasteiger partial charge in [-0.25, -0.2) is 4.79 Å². The van der Waals surface area contributed by atoms with E-state index >= 15 is 0 Å². The molecule has 3 rings (SSSR count). The van der Waals surface area contributed by atoms with Crippen LogP contribution in [0.25, 0.3) is 6.08 Å². The third-order valence-electron chi connectivity index (χ3n) is 3.71. The normalized spacial score (nSPS) is 30.2. The van der Waals surface area contributed by atoms with Crippen LogP contribution in [0.1, 0.15) is 12.0 Å². The Labute approximate surface area is 126 Å². The molecule has 0 radical (unpaired) electrons. The summed E-state index contributed by atoms with van der Waals surface area (Å²) in [5, 5.41) is 21.1. The van der Waals surface area contributed by atoms with Crippen LogP contribution in [0.2, 0.25) is 0 Å². The molecule has 0 aromatic heterocycles. The van der Waals surface area contributed by atoms with E-state index in [2.05, 4.69) is 5.32 Å². The van der Waals surface area contributed by atoms with Gasteiger partial charge in [0.25, 0.3) is 5.91 Å². The minimum absolute atomic E-state index is 0.137. The zero-order valence-corrected chi connectivity index (χ0v) is 11.7. The van der Waals surface area contributed by atoms with Crippen LogP contribution in [-0.2, 0) is 9.53 Å². The summed E-state index contributed by atoms with van der Waals surface area (Å²) < 4.78 is 5.47. The number of nitrogens with one attached hydrogen (secondary N) is 1. The van der Waals surface area contributed by atoms with Gasteiger partial charge in [-0.3, -0.25) is 15.0 Å². The van der Waals surface area contributed by atoms with Gasteiger partial charge in [0.05, 0.1) is 12.7 Å². The first-order valence-electron chi connectivity index (χ1n) is 6.96. The van der Waals surface area contributed by atoms with E-state index in [1.54, 1.807) is 6.08 Å². The van der Waals surface area contributed by atoms with Crippen molar-refractivity contribution in [1.82, 2.24) is 10.2 Å². The van der Waals surface area contributed by atoms with Crippen LogP contribution >= 0.6 is 0 Å². The molecule has 3 amide bonds. The predicted octanol–water partition coefficient (Wildman–Crippen LogP) is 0.0475. The van der Waals surface area contributed by atoms with Gasteiger partial charge < -0.3 is 14.9 Å². The third-order valence-corrected chi connectivity index (χ3v) is 3.71. The van der Waals surface area contributed by atoms with Crippen LogP contribution in [0.5, 0.6) is 0 Å². The molecule has 0 saturated carbocycles. The molecule has 1 aromatic carbocycles. The lowest BCUT2D eigenvalue weighted by molar-refractivity contribution is -0.116. The highest BCUT2D eigenvalue weighted by molar-refractivity contribution is 6.14. The number of nitrogens with zero attached hydrogens (tertiary/aromatic N) is 1. The topological polar surface area (TPSA) is 99.1 Å². The van der Waals surface area contributed by atoms with Crippen molar-refractivity contribution < 1.29 is 24.5 Å². The summed E-state index contributed by atoms with van der Waals surface area (Å²) in [6.07, 6.45) is -0.697. The van der Waals surface area contributed by atoms with Crippen molar-refractivity contribution >= 4 is 18.0 Å². The minimum Gasteiger partial charge on any atom is -0.394 e. The molecule has 3 N–H and O–H groups in total. The maximum absolute atomic E-state index is 12.0. The molecule has 0 aliphatic carbocycles. The molecule has 2 aliphatic rings. The Morgan fingerprint density at radius 3 is 2.68 bits per heavy atom. The lowest BCUT2D eigenvalue weighted by Crippen LogP contribution is -2.37. The number of ether oxygens (including phenoxy) is 1. The van der Waals surface area contributed by atoms with Gasteiger partial charge in [0.2, 0.25) is 0 Å². The van der Waals surface area contributed by atoms with Gasteiger partial charge in [-0.05, 0) is 11.6 Å². The molecule has 2 saturated heterocycles. The van der Waals surface area contributed by atoms with Crippen molar-refractivity contribution in [2.45, 2.75) is 24.9 Å². The number of urea groups is 1. The van der Waals surface area contributed by atoms with Gasteiger partial charge in [0.15, 0.2) is 0 Å². The minimum atomic E-state index is -0.878. The van der Waals surface area contributed by atoms with E-state index in [-0.39, 0.29) is 18.7 Å². The van der Waals surface area contributed by atoms with Crippen molar-refractivity contribution in [2.75, 3.05) is 6.61 Å². The Morgan fingerprint density at radius 2 is 2.05 bits per heavy atom. The van der Waals surface area contributed by atoms with Crippen molar-refractivity contribution in [1.29, 1.82) is 0 Å². The van der Waals surface area contributed by atoms with Gasteiger partial charge >= 0.3 is 6.03 Å². The molecule has 7 nitrogen and oxygen atoms in total. The lowest BCUT2D eigenvalue weighted by atomic mass is 10.1. The molecule has 2 aliphatic heterocycles. The summed E-state index contributed by atoms with van der Waals surface area (Å²) in [4.78, 5) is 25.2. The van der Waals surface area contributed by atoms with E-state index in [0.29, 0.717) is 0 Å². The maximum atomic E-state index is 12.0. The standard InChI is InChI=1S/C15H16N2O5/c18-8-12-11(19)7-13(22-12)17-10(14(20)16-15(17)21)6-9-4-2-1-3-5-9/h1-6,11-13,18-19H,7-8H2,(H,16,20,21)/b10-6-/t11-,12+,13-/m0/s1. The number of aliphatic hydroxyl groups is 2. The van der Waals surface area contributed by atoms with Crippen LogP contribution in [0.3, 0.4) is 0 Å². The Hall–Kier alpha value is -2.22. The molecule has 116 valence electrons. The van der Waals surface area contributed by atoms with E-state index in [1.807, 2.05) is 30.3 Å². The Bertz CT molecular complexity index is 616. The SMILES string of the molecule is O=C1NC(=O)N([C@@H]2C[C@H](O)[C@@H](CO)O2)/C1=C\c1ccccc1. The number of amides is 3. The summed E-state index contributed by atoms with van der Waals surface area (Å²) in [7, 11) is 0. The number of carbonyl (C=O) groups is 2. The van der Waals surface area contributed by atoms with Gasteiger partial charge in [0.1, 0.15) is 18.0 Å². The monoisotopic (exact) mass is 304 g/mol. The van der Waals surface area contributed by atoms with Crippen molar-refractivity contribution in [3.8, 4) is 0 Å². The smallest absolute Gasteiger partial charge is 0.331 e. The first-order chi connectivity index (χ1) is 10.6. The highest BCUT2D eigenvalue weighted by Gasteiger charge is 2.44. The van der Waals surface area contributed by atoms with E-state index in [4.69, 9.17) is 9.84 Å². The second kappa shape index (κ2) is 5.88. The number of carbonyl (C=O) groups excluding carboxylic acids is 2. The molecule has 2 fully saturated rings. The predicted molar refractivity (Wildman–Crippen MR) is 76.2 cm³/mol. The molecular formula is C15H16N2O5. The van der Waals surface area contributed by atoms with E-state index in [0.717, 1.165) is 5.56 Å². The second-order valence-electron chi connectivity index (χ2n) is 5.18. The van der Waals surface area contributed by atoms with Gasteiger partial charge in [-0.2, -0.15) is 0 Å². The van der Waals surface area contributed by atoms with Crippen molar-refractivity contribution in [2.24, 2.45) is 0 Å². The molecule has 2 heterocycles. The number of benzene rings is 1. The molecule has 7 heteroatoms. The zero-order valence-electron chi connectivity index (χ0n) is 11.7. The second-order valence-corrected chi connectivity index (χ2v) is 5.18. The third kappa shape index (κ3) is 2.61. The molecule has 0 bridgehead atoms. The molecule has 0 spiro atoms. The quantitative estimate of drug-likeness (QED) is 0.541. The van der Waals surface area contributed by atoms with Crippen LogP contribution in [0.4, 0.5) is 4.79 Å². The van der Waals surface area contributed by atoms with E-state index < -0.39 is 30.4 Å². The fourth-order valence-corrected chi connectivity index (χ4v) is 2.61. The highest BCUT2D eigenvalue weighted by atomic mass is 16.5. The number of hydrogen-bond donors (Lipinski definition) is 3. The Morgan fingerprint density at radius 1 is 1.32 bits per heavy atom. The van der Waals surface area contributed by atoms with Crippen LogP contribution in [0.15, 0.2) is 36.0 Å². The lowest BCUT2D eigenvalue weighted by Gasteiger charge is -2.22. The molecule has 1 aromatic rings. The summed E-state index contributed by atoms with van der Waals surface area (Å²) in [6, 6.07) is 8.51. The first-order valence-corrected chi connectivity index (χ1v) is 6.96. The van der Waals surface area contributed by atoms with Gasteiger partial charge in [0, 0.05) is 6.42 Å². The van der Waals surface area contributed by atoms with Gasteiger partial charge in [-0.1, -0.05) is 30.3 Å². The van der Waals surface area contributed by atoms with Crippen LogP contribution in [0, 0.1) is 0 Å². The van der Waals surface area contributed by atoms with Crippen molar-refractivity contribution in [3.63, 3.8) is 0 Å². The maximum Gasteiger partial charge on any atom is 0.331 e. The van der Waals surface area contributed by atoms with E-state index in [1.165, 1.54) is 4.90 Å². The van der Waals surface area contributed by atoms with Crippen molar-refractivity contribution in [3.05, 3.63) is 41.6 Å². The summed E-state index contributed by atoms with van der Waals surface area (Å²) >= 11 is 0. The summed E-state index contributed by atoms with van der Waals surface area (Å²) in [6.45, 7) is -0.348. The number of hydrogen-bond acceptors (Lipinski definition) is 5. The van der Waals surface area contributed by atoms with Gasteiger partial charge in [-0.15, -0.1) is 0 Å². The molecular weight excluding hydrogens is 288 g/mol. The largest absolute Gasteiger partial charge is 0.394 e. The fraction of sp³-hybridized carbons (Fsp3) is 0.333. The van der Waals surface area contributed by atoms with Crippen LogP contribution < -0.4 is 5.32 Å². The number of imide groups is 1. The summed E-state index contributed by atoms with van der Waals surface area (Å²) in [5.41, 5.74) is 0.927. The Balaban J connectivity index is 1.90. The number of aliphatic hydroxyl groups excluding tert-OH is 2. The average Bonchev–Trinajstić information content (AvgIpc) is 3.00. The molecule has 3 atom stereocenters. The fourth-order valence-electron chi connectivity index (χ4n) is 2.61. The number of rotatable bonds is 3. The molecule has 0 unspecified atom stereocenters. The summed E-state index contributed by atoms with van der Waals surface area (Å²) in [5.74, 6) is -0.514. The molecule has 22 heavy (non-hydrogen) atoms.